The van der Waals surface area contributed by atoms with Crippen LogP contribution in [0.3, 0.4) is 0 Å². The summed E-state index contributed by atoms with van der Waals surface area (Å²) >= 11 is 6.07. The van der Waals surface area contributed by atoms with Crippen LogP contribution in [0.15, 0.2) is 36.4 Å². The Labute approximate surface area is 150 Å². The van der Waals surface area contributed by atoms with Crippen LogP contribution in [0.2, 0.25) is 5.02 Å². The maximum Gasteiger partial charge on any atom is 0.416 e. The summed E-state index contributed by atoms with van der Waals surface area (Å²) in [6, 6.07) is 8.98. The van der Waals surface area contributed by atoms with Crippen molar-refractivity contribution in [1.29, 1.82) is 5.26 Å². The average Bonchev–Trinajstić information content (AvgIpc) is 3.01. The van der Waals surface area contributed by atoms with Gasteiger partial charge in [0, 0.05) is 10.6 Å². The quantitative estimate of drug-likeness (QED) is 0.667. The molecule has 0 aliphatic rings. The van der Waals surface area contributed by atoms with E-state index in [1.807, 2.05) is 6.07 Å². The summed E-state index contributed by atoms with van der Waals surface area (Å²) in [7, 11) is 0. The molecule has 3 rings (SSSR count). The van der Waals surface area contributed by atoms with Gasteiger partial charge in [-0.1, -0.05) is 16.8 Å². The van der Waals surface area contributed by atoms with Crippen molar-refractivity contribution in [2.75, 3.05) is 0 Å². The molecule has 4 nitrogen and oxygen atoms in total. The second-order valence-electron chi connectivity index (χ2n) is 5.52. The van der Waals surface area contributed by atoms with E-state index in [0.717, 1.165) is 12.1 Å². The van der Waals surface area contributed by atoms with Gasteiger partial charge in [-0.25, -0.2) is 9.49 Å². The highest BCUT2D eigenvalue weighted by atomic mass is 35.5. The fourth-order valence-corrected chi connectivity index (χ4v) is 2.81. The van der Waals surface area contributed by atoms with Crippen LogP contribution in [0.5, 0.6) is 0 Å². The first-order valence-electron chi connectivity index (χ1n) is 7.24. The first kappa shape index (κ1) is 17.9. The van der Waals surface area contributed by atoms with Crippen LogP contribution < -0.4 is 0 Å². The number of benzene rings is 2. The van der Waals surface area contributed by atoms with Gasteiger partial charge in [0.2, 0.25) is 0 Å². The van der Waals surface area contributed by atoms with E-state index in [1.165, 1.54) is 0 Å². The number of aromatic amines is 1. The van der Waals surface area contributed by atoms with E-state index in [1.54, 1.807) is 18.2 Å². The lowest BCUT2D eigenvalue weighted by molar-refractivity contribution is -0.137. The van der Waals surface area contributed by atoms with Gasteiger partial charge in [0.25, 0.3) is 0 Å². The molecule has 0 saturated carbocycles. The van der Waals surface area contributed by atoms with E-state index in [4.69, 9.17) is 16.9 Å². The summed E-state index contributed by atoms with van der Waals surface area (Å²) in [4.78, 5) is 0. The van der Waals surface area contributed by atoms with Crippen LogP contribution in [-0.2, 0) is 12.6 Å². The largest absolute Gasteiger partial charge is 0.416 e. The summed E-state index contributed by atoms with van der Waals surface area (Å²) in [6.45, 7) is 0. The normalized spacial score (nSPS) is 11.4. The maximum atomic E-state index is 13.6. The zero-order valence-electron chi connectivity index (χ0n) is 12.9. The van der Waals surface area contributed by atoms with Gasteiger partial charge in [0.1, 0.15) is 17.6 Å². The van der Waals surface area contributed by atoms with E-state index in [9.17, 15) is 17.6 Å². The monoisotopic (exact) mass is 380 g/mol. The van der Waals surface area contributed by atoms with Crippen LogP contribution in [0.1, 0.15) is 22.4 Å². The number of hydrogen-bond donors (Lipinski definition) is 1. The number of nitrogens with zero attached hydrogens (tertiary/aromatic N) is 3. The standard InChI is InChI=1S/C17H9ClF4N4/c18-13-4-9(2-11(6-13)16-15(8-23)24-26-25-16)1-10-3-12(17(20,21)22)7-14(19)5-10/h2-7H,1H2,(H,24,25,26). The molecule has 0 unspecified atom stereocenters. The molecule has 0 bridgehead atoms. The van der Waals surface area contributed by atoms with E-state index in [0.29, 0.717) is 22.2 Å². The lowest BCUT2D eigenvalue weighted by atomic mass is 9.99. The molecular formula is C17H9ClF4N4. The molecule has 0 saturated heterocycles. The third-order valence-corrected chi connectivity index (χ3v) is 3.80. The van der Waals surface area contributed by atoms with Gasteiger partial charge in [-0.15, -0.1) is 5.10 Å². The highest BCUT2D eigenvalue weighted by Crippen LogP contribution is 2.32. The lowest BCUT2D eigenvalue weighted by Crippen LogP contribution is -2.06. The Bertz CT molecular complexity index is 1000. The Morgan fingerprint density at radius 3 is 2.50 bits per heavy atom. The SMILES string of the molecule is N#Cc1[nH]nnc1-c1cc(Cl)cc(Cc2cc(F)cc(C(F)(F)F)c2)c1. The third kappa shape index (κ3) is 3.83. The molecule has 1 aromatic heterocycles. The van der Waals surface area contributed by atoms with E-state index < -0.39 is 17.6 Å². The molecule has 9 heteroatoms. The number of rotatable bonds is 3. The minimum atomic E-state index is -4.64. The van der Waals surface area contributed by atoms with Crippen molar-refractivity contribution in [1.82, 2.24) is 15.4 Å². The molecule has 0 spiro atoms. The van der Waals surface area contributed by atoms with Crippen molar-refractivity contribution in [2.24, 2.45) is 0 Å². The predicted molar refractivity (Wildman–Crippen MR) is 85.8 cm³/mol. The zero-order chi connectivity index (χ0) is 18.9. The fourth-order valence-electron chi connectivity index (χ4n) is 2.55. The molecule has 0 radical (unpaired) electrons. The topological polar surface area (TPSA) is 65.4 Å². The summed E-state index contributed by atoms with van der Waals surface area (Å²) in [5, 5.41) is 19.1. The van der Waals surface area contributed by atoms with Gasteiger partial charge in [-0.05, 0) is 53.9 Å². The fraction of sp³-hybridized carbons (Fsp3) is 0.118. The van der Waals surface area contributed by atoms with Gasteiger partial charge in [0.15, 0.2) is 5.69 Å². The summed E-state index contributed by atoms with van der Waals surface area (Å²) in [5.41, 5.74) is 0.502. The van der Waals surface area contributed by atoms with Crippen LogP contribution in [0.25, 0.3) is 11.3 Å². The number of aromatic nitrogens is 3. The van der Waals surface area contributed by atoms with Crippen LogP contribution in [-0.4, -0.2) is 15.4 Å². The van der Waals surface area contributed by atoms with Gasteiger partial charge >= 0.3 is 6.18 Å². The number of hydrogen-bond acceptors (Lipinski definition) is 3. The van der Waals surface area contributed by atoms with Gasteiger partial charge < -0.3 is 0 Å². The molecule has 0 aliphatic carbocycles. The van der Waals surface area contributed by atoms with E-state index in [-0.39, 0.29) is 23.4 Å². The predicted octanol–water partition coefficient (Wildman–Crippen LogP) is 4.75. The molecule has 3 aromatic rings. The highest BCUT2D eigenvalue weighted by Gasteiger charge is 2.31. The highest BCUT2D eigenvalue weighted by molar-refractivity contribution is 6.31. The minimum absolute atomic E-state index is 0.0220. The molecular weight excluding hydrogens is 372 g/mol. The third-order valence-electron chi connectivity index (χ3n) is 3.58. The Morgan fingerprint density at radius 1 is 1.08 bits per heavy atom. The average molecular weight is 381 g/mol. The number of nitriles is 1. The van der Waals surface area contributed by atoms with Gasteiger partial charge in [0.05, 0.1) is 5.56 Å². The molecule has 1 N–H and O–H groups in total. The van der Waals surface area contributed by atoms with Crippen molar-refractivity contribution in [3.8, 4) is 17.3 Å². The second kappa shape index (κ2) is 6.77. The Balaban J connectivity index is 1.99. The van der Waals surface area contributed by atoms with Gasteiger partial charge in [-0.3, -0.25) is 0 Å². The number of alkyl halides is 3. The summed E-state index contributed by atoms with van der Waals surface area (Å²) in [5.74, 6) is -0.972. The van der Waals surface area contributed by atoms with Crippen molar-refractivity contribution in [3.05, 3.63) is 69.6 Å². The van der Waals surface area contributed by atoms with Crippen molar-refractivity contribution < 1.29 is 17.6 Å². The molecule has 26 heavy (non-hydrogen) atoms. The molecule has 0 fully saturated rings. The molecule has 132 valence electrons. The molecule has 1 heterocycles. The molecule has 2 aromatic carbocycles. The molecule has 0 atom stereocenters. The Kier molecular flexibility index (Phi) is 4.66. The molecule has 0 aliphatic heterocycles. The Hall–Kier alpha value is -2.92. The smallest absolute Gasteiger partial charge is 0.247 e. The minimum Gasteiger partial charge on any atom is -0.247 e. The number of H-pyrrole nitrogens is 1. The van der Waals surface area contributed by atoms with Crippen LogP contribution in [0, 0.1) is 17.1 Å². The van der Waals surface area contributed by atoms with E-state index >= 15 is 0 Å². The first-order valence-corrected chi connectivity index (χ1v) is 7.61. The van der Waals surface area contributed by atoms with E-state index in [2.05, 4.69) is 15.4 Å². The Morgan fingerprint density at radius 2 is 1.81 bits per heavy atom. The number of nitrogens with one attached hydrogen (secondary N) is 1. The van der Waals surface area contributed by atoms with Crippen molar-refractivity contribution in [2.45, 2.75) is 12.6 Å². The summed E-state index contributed by atoms with van der Waals surface area (Å²) < 4.78 is 52.1. The van der Waals surface area contributed by atoms with Crippen molar-refractivity contribution >= 4 is 11.6 Å². The van der Waals surface area contributed by atoms with Gasteiger partial charge in [-0.2, -0.15) is 18.4 Å². The maximum absolute atomic E-state index is 13.6. The zero-order valence-corrected chi connectivity index (χ0v) is 13.7. The van der Waals surface area contributed by atoms with Crippen molar-refractivity contribution in [3.63, 3.8) is 0 Å². The molecule has 0 amide bonds. The summed E-state index contributed by atoms with van der Waals surface area (Å²) in [6.07, 6.45) is -4.62. The van der Waals surface area contributed by atoms with Crippen LogP contribution in [0.4, 0.5) is 17.6 Å². The van der Waals surface area contributed by atoms with Crippen LogP contribution >= 0.6 is 11.6 Å². The first-order chi connectivity index (χ1) is 12.3. The lowest BCUT2D eigenvalue weighted by Gasteiger charge is -2.10. The second-order valence-corrected chi connectivity index (χ2v) is 5.95. The number of halogens is 5.